The van der Waals surface area contributed by atoms with Crippen molar-refractivity contribution >= 4 is 33.7 Å². The molecule has 1 aromatic carbocycles. The number of carbonyl (C=O) groups excluding carboxylic acids is 4. The molecule has 4 amide bonds. The molecule has 10 nitrogen and oxygen atoms in total. The van der Waals surface area contributed by atoms with Crippen LogP contribution >= 0.6 is 0 Å². The molecule has 3 heterocycles. The van der Waals surface area contributed by atoms with Crippen molar-refractivity contribution in [1.82, 2.24) is 15.5 Å². The zero-order chi connectivity index (χ0) is 22.4. The van der Waals surface area contributed by atoms with Crippen molar-refractivity contribution in [2.75, 3.05) is 18.1 Å². The fourth-order valence-electron chi connectivity index (χ4n) is 4.28. The molecule has 3 aliphatic heterocycles. The van der Waals surface area contributed by atoms with Gasteiger partial charge in [-0.3, -0.25) is 19.7 Å². The SMILES string of the molecule is CC1(COC(=O)NCc2ccc3c(c2)C(=O)N(C2CCC(=O)NC2=O)C3)CS(=O)(=O)C1. The lowest BCUT2D eigenvalue weighted by atomic mass is 9.97. The van der Waals surface area contributed by atoms with Crippen LogP contribution in [-0.4, -0.2) is 61.3 Å². The Morgan fingerprint density at radius 3 is 2.71 bits per heavy atom. The van der Waals surface area contributed by atoms with Gasteiger partial charge in [-0.2, -0.15) is 0 Å². The average molecular weight is 449 g/mol. The van der Waals surface area contributed by atoms with Gasteiger partial charge in [0.1, 0.15) is 12.6 Å². The molecule has 166 valence electrons. The van der Waals surface area contributed by atoms with Crippen molar-refractivity contribution in [3.63, 3.8) is 0 Å². The summed E-state index contributed by atoms with van der Waals surface area (Å²) in [5, 5.41) is 4.86. The summed E-state index contributed by atoms with van der Waals surface area (Å²) in [7, 11) is -3.01. The van der Waals surface area contributed by atoms with Gasteiger partial charge in [-0.1, -0.05) is 19.1 Å². The lowest BCUT2D eigenvalue weighted by molar-refractivity contribution is -0.136. The van der Waals surface area contributed by atoms with Gasteiger partial charge in [-0.15, -0.1) is 0 Å². The Balaban J connectivity index is 1.32. The summed E-state index contributed by atoms with van der Waals surface area (Å²) in [6, 6.07) is 4.55. The highest BCUT2D eigenvalue weighted by molar-refractivity contribution is 7.92. The van der Waals surface area contributed by atoms with Gasteiger partial charge >= 0.3 is 6.09 Å². The Labute approximate surface area is 179 Å². The summed E-state index contributed by atoms with van der Waals surface area (Å²) < 4.78 is 27.8. The molecule has 1 aromatic rings. The van der Waals surface area contributed by atoms with Crippen LogP contribution in [0.4, 0.5) is 4.79 Å². The number of amides is 4. The van der Waals surface area contributed by atoms with Crippen molar-refractivity contribution in [3.8, 4) is 0 Å². The maximum atomic E-state index is 12.8. The Morgan fingerprint density at radius 1 is 1.29 bits per heavy atom. The normalized spacial score (nSPS) is 23.6. The van der Waals surface area contributed by atoms with E-state index in [1.807, 2.05) is 0 Å². The molecule has 0 spiro atoms. The smallest absolute Gasteiger partial charge is 0.407 e. The van der Waals surface area contributed by atoms with Gasteiger partial charge in [0.2, 0.25) is 11.8 Å². The molecule has 0 saturated carbocycles. The number of alkyl carbamates (subject to hydrolysis) is 1. The van der Waals surface area contributed by atoms with E-state index >= 15 is 0 Å². The molecule has 31 heavy (non-hydrogen) atoms. The summed E-state index contributed by atoms with van der Waals surface area (Å²) in [5.74, 6) is -1.07. The zero-order valence-corrected chi connectivity index (χ0v) is 17.8. The minimum atomic E-state index is -3.01. The first-order valence-electron chi connectivity index (χ1n) is 9.93. The predicted octanol–water partition coefficient (Wildman–Crippen LogP) is 0.109. The molecule has 4 rings (SSSR count). The number of nitrogens with zero attached hydrogens (tertiary/aromatic N) is 1. The van der Waals surface area contributed by atoms with Crippen LogP contribution in [0.2, 0.25) is 0 Å². The maximum absolute atomic E-state index is 12.8. The Kier molecular flexibility index (Phi) is 5.24. The molecule has 1 atom stereocenters. The van der Waals surface area contributed by atoms with Crippen LogP contribution in [-0.2, 0) is 37.3 Å². The number of piperidine rings is 1. The minimum absolute atomic E-state index is 0.00386. The topological polar surface area (TPSA) is 139 Å². The van der Waals surface area contributed by atoms with E-state index in [0.717, 1.165) is 5.56 Å². The van der Waals surface area contributed by atoms with E-state index in [4.69, 9.17) is 4.74 Å². The molecule has 2 N–H and O–H groups in total. The number of imide groups is 1. The first kappa shape index (κ1) is 21.3. The molecular formula is C20H23N3O7S. The molecule has 11 heteroatoms. The van der Waals surface area contributed by atoms with Crippen LogP contribution < -0.4 is 10.6 Å². The number of hydrogen-bond acceptors (Lipinski definition) is 7. The quantitative estimate of drug-likeness (QED) is 0.608. The van der Waals surface area contributed by atoms with Crippen LogP contribution in [0, 0.1) is 5.41 Å². The highest BCUT2D eigenvalue weighted by atomic mass is 32.2. The van der Waals surface area contributed by atoms with Crippen molar-refractivity contribution in [3.05, 3.63) is 34.9 Å². The average Bonchev–Trinajstić information content (AvgIpc) is 2.99. The van der Waals surface area contributed by atoms with Crippen LogP contribution in [0.3, 0.4) is 0 Å². The van der Waals surface area contributed by atoms with Gasteiger partial charge in [-0.05, 0) is 23.6 Å². The van der Waals surface area contributed by atoms with E-state index in [9.17, 15) is 27.6 Å². The van der Waals surface area contributed by atoms with E-state index in [2.05, 4.69) is 10.6 Å². The van der Waals surface area contributed by atoms with Crippen molar-refractivity contribution in [2.45, 2.75) is 38.9 Å². The van der Waals surface area contributed by atoms with Crippen molar-refractivity contribution in [1.29, 1.82) is 0 Å². The van der Waals surface area contributed by atoms with Crippen LogP contribution in [0.5, 0.6) is 0 Å². The summed E-state index contributed by atoms with van der Waals surface area (Å²) in [6.45, 7) is 2.19. The zero-order valence-electron chi connectivity index (χ0n) is 17.0. The maximum Gasteiger partial charge on any atom is 0.407 e. The Hall–Kier alpha value is -2.95. The van der Waals surface area contributed by atoms with Gasteiger partial charge in [0.25, 0.3) is 5.91 Å². The molecule has 0 aromatic heterocycles. The van der Waals surface area contributed by atoms with Gasteiger partial charge < -0.3 is 15.0 Å². The summed E-state index contributed by atoms with van der Waals surface area (Å²) in [5.41, 5.74) is 1.38. The largest absolute Gasteiger partial charge is 0.449 e. The Bertz CT molecular complexity index is 1070. The second-order valence-electron chi connectivity index (χ2n) is 8.66. The predicted molar refractivity (Wildman–Crippen MR) is 107 cm³/mol. The lowest BCUT2D eigenvalue weighted by Gasteiger charge is -2.36. The first-order valence-corrected chi connectivity index (χ1v) is 11.7. The third-order valence-electron chi connectivity index (χ3n) is 5.72. The summed E-state index contributed by atoms with van der Waals surface area (Å²) >= 11 is 0. The van der Waals surface area contributed by atoms with E-state index in [1.165, 1.54) is 4.90 Å². The molecule has 3 aliphatic rings. The van der Waals surface area contributed by atoms with Crippen molar-refractivity contribution < 1.29 is 32.3 Å². The number of hydrogen-bond donors (Lipinski definition) is 2. The monoisotopic (exact) mass is 449 g/mol. The number of ether oxygens (including phenoxy) is 1. The van der Waals surface area contributed by atoms with E-state index < -0.39 is 33.3 Å². The minimum Gasteiger partial charge on any atom is -0.449 e. The van der Waals surface area contributed by atoms with E-state index in [-0.39, 0.29) is 49.4 Å². The number of fused-ring (bicyclic) bond motifs is 1. The van der Waals surface area contributed by atoms with Crippen molar-refractivity contribution in [2.24, 2.45) is 5.41 Å². The van der Waals surface area contributed by atoms with Gasteiger partial charge in [0, 0.05) is 30.5 Å². The van der Waals surface area contributed by atoms with Gasteiger partial charge in [-0.25, -0.2) is 13.2 Å². The molecule has 0 radical (unpaired) electrons. The van der Waals surface area contributed by atoms with Gasteiger partial charge in [0.15, 0.2) is 9.84 Å². The number of benzene rings is 1. The molecule has 2 saturated heterocycles. The fourth-order valence-corrected chi connectivity index (χ4v) is 6.49. The standard InChI is InChI=1S/C20H23N3O7S/c1-20(10-31(28,29)11-20)9-30-19(27)21-7-12-2-3-13-8-23(18(26)14(13)6-12)15-4-5-16(24)22-17(15)25/h2-3,6,15H,4-5,7-11H2,1H3,(H,21,27)(H,22,24,25). The third-order valence-corrected chi connectivity index (χ3v) is 7.99. The molecule has 0 bridgehead atoms. The number of carbonyl (C=O) groups is 4. The molecule has 2 fully saturated rings. The highest BCUT2D eigenvalue weighted by Gasteiger charge is 2.45. The molecule has 1 unspecified atom stereocenters. The second-order valence-corrected chi connectivity index (χ2v) is 10.7. The fraction of sp³-hybridized carbons (Fsp3) is 0.500. The van der Waals surface area contributed by atoms with Gasteiger partial charge in [0.05, 0.1) is 11.5 Å². The molecule has 0 aliphatic carbocycles. The number of sulfone groups is 1. The van der Waals surface area contributed by atoms with Crippen LogP contribution in [0.1, 0.15) is 41.3 Å². The van der Waals surface area contributed by atoms with E-state index in [0.29, 0.717) is 17.5 Å². The third kappa shape index (κ3) is 4.41. The Morgan fingerprint density at radius 2 is 2.03 bits per heavy atom. The number of rotatable bonds is 5. The van der Waals surface area contributed by atoms with Crippen LogP contribution in [0.15, 0.2) is 18.2 Å². The number of nitrogens with one attached hydrogen (secondary N) is 2. The van der Waals surface area contributed by atoms with E-state index in [1.54, 1.807) is 25.1 Å². The summed E-state index contributed by atoms with van der Waals surface area (Å²) in [6.07, 6.45) is -0.175. The first-order chi connectivity index (χ1) is 14.6. The highest BCUT2D eigenvalue weighted by Crippen LogP contribution is 2.32. The molecular weight excluding hydrogens is 426 g/mol. The van der Waals surface area contributed by atoms with Crippen LogP contribution in [0.25, 0.3) is 0 Å². The second kappa shape index (κ2) is 7.63. The lowest BCUT2D eigenvalue weighted by Crippen LogP contribution is -2.52. The summed E-state index contributed by atoms with van der Waals surface area (Å²) in [4.78, 5) is 49.7.